The van der Waals surface area contributed by atoms with Gasteiger partial charge in [-0.1, -0.05) is 24.3 Å². The Balaban J connectivity index is 1.95. The molecule has 3 rings (SSSR count). The zero-order chi connectivity index (χ0) is 15.0. The molecular formula is C17H16F3N. The number of anilines is 1. The summed E-state index contributed by atoms with van der Waals surface area (Å²) >= 11 is 0. The topological polar surface area (TPSA) is 12.0 Å². The zero-order valence-corrected chi connectivity index (χ0v) is 11.7. The van der Waals surface area contributed by atoms with Gasteiger partial charge in [-0.05, 0) is 48.2 Å². The first-order valence-electron chi connectivity index (χ1n) is 6.97. The second-order valence-corrected chi connectivity index (χ2v) is 5.48. The lowest BCUT2D eigenvalue weighted by atomic mass is 9.84. The van der Waals surface area contributed by atoms with Crippen LogP contribution in [-0.4, -0.2) is 6.54 Å². The number of rotatable bonds is 1. The molecular weight excluding hydrogens is 275 g/mol. The molecule has 0 saturated carbocycles. The predicted molar refractivity (Wildman–Crippen MR) is 77.6 cm³/mol. The highest BCUT2D eigenvalue weighted by Gasteiger charge is 2.30. The minimum absolute atomic E-state index is 0.157. The van der Waals surface area contributed by atoms with Crippen molar-refractivity contribution in [1.29, 1.82) is 0 Å². The molecule has 2 aromatic carbocycles. The van der Waals surface area contributed by atoms with Crippen molar-refractivity contribution in [2.75, 3.05) is 11.9 Å². The molecule has 0 radical (unpaired) electrons. The molecule has 1 N–H and O–H groups in total. The van der Waals surface area contributed by atoms with Gasteiger partial charge in [-0.25, -0.2) is 0 Å². The summed E-state index contributed by atoms with van der Waals surface area (Å²) in [6.07, 6.45) is -3.39. The van der Waals surface area contributed by atoms with Gasteiger partial charge in [0.2, 0.25) is 0 Å². The fourth-order valence-electron chi connectivity index (χ4n) is 2.88. The molecule has 0 saturated heterocycles. The average Bonchev–Trinajstić information content (AvgIpc) is 2.45. The van der Waals surface area contributed by atoms with E-state index < -0.39 is 11.7 Å². The van der Waals surface area contributed by atoms with Crippen LogP contribution in [-0.2, 0) is 6.18 Å². The third-order valence-corrected chi connectivity index (χ3v) is 3.97. The zero-order valence-electron chi connectivity index (χ0n) is 11.7. The minimum atomic E-state index is -4.28. The fourth-order valence-corrected chi connectivity index (χ4v) is 2.88. The quantitative estimate of drug-likeness (QED) is 0.783. The Hall–Kier alpha value is -1.97. The standard InChI is InChI=1S/C17H16F3N/c1-11-2-7-15-14(8-9-21-16(15)10-11)12-3-5-13(6-4-12)17(18,19)20/h2-7,10,14,21H,8-9H2,1H3. The molecule has 1 unspecified atom stereocenters. The SMILES string of the molecule is Cc1ccc2c(c1)NCCC2c1ccc(C(F)(F)F)cc1. The first kappa shape index (κ1) is 14.0. The van der Waals surface area contributed by atoms with Crippen molar-refractivity contribution in [1.82, 2.24) is 0 Å². The van der Waals surface area contributed by atoms with E-state index in [9.17, 15) is 13.2 Å². The first-order chi connectivity index (χ1) is 9.95. The van der Waals surface area contributed by atoms with E-state index in [1.165, 1.54) is 17.7 Å². The number of hydrogen-bond acceptors (Lipinski definition) is 1. The fraction of sp³-hybridized carbons (Fsp3) is 0.294. The molecule has 0 aliphatic carbocycles. The Kier molecular flexibility index (Phi) is 3.40. The highest BCUT2D eigenvalue weighted by molar-refractivity contribution is 5.59. The van der Waals surface area contributed by atoms with Crippen LogP contribution in [0.4, 0.5) is 18.9 Å². The van der Waals surface area contributed by atoms with Gasteiger partial charge >= 0.3 is 6.18 Å². The summed E-state index contributed by atoms with van der Waals surface area (Å²) in [7, 11) is 0. The molecule has 1 atom stereocenters. The van der Waals surface area contributed by atoms with Crippen molar-refractivity contribution < 1.29 is 13.2 Å². The first-order valence-corrected chi connectivity index (χ1v) is 6.97. The van der Waals surface area contributed by atoms with E-state index in [1.54, 1.807) is 12.1 Å². The number of hydrogen-bond donors (Lipinski definition) is 1. The predicted octanol–water partition coefficient (Wildman–Crippen LogP) is 4.96. The van der Waals surface area contributed by atoms with Gasteiger partial charge in [0.15, 0.2) is 0 Å². The van der Waals surface area contributed by atoms with Crippen molar-refractivity contribution in [2.45, 2.75) is 25.4 Å². The largest absolute Gasteiger partial charge is 0.416 e. The minimum Gasteiger partial charge on any atom is -0.385 e. The molecule has 1 heterocycles. The highest BCUT2D eigenvalue weighted by atomic mass is 19.4. The molecule has 0 bridgehead atoms. The number of benzene rings is 2. The van der Waals surface area contributed by atoms with Gasteiger partial charge < -0.3 is 5.32 Å². The normalized spacial score (nSPS) is 18.0. The Morgan fingerprint density at radius 1 is 1.05 bits per heavy atom. The van der Waals surface area contributed by atoms with Crippen LogP contribution in [0.3, 0.4) is 0 Å². The summed E-state index contributed by atoms with van der Waals surface area (Å²) in [6.45, 7) is 2.87. The maximum Gasteiger partial charge on any atom is 0.416 e. The monoisotopic (exact) mass is 291 g/mol. The Morgan fingerprint density at radius 2 is 1.76 bits per heavy atom. The smallest absolute Gasteiger partial charge is 0.385 e. The van der Waals surface area contributed by atoms with Crippen LogP contribution in [0.5, 0.6) is 0 Å². The van der Waals surface area contributed by atoms with Gasteiger partial charge in [-0.15, -0.1) is 0 Å². The second kappa shape index (κ2) is 5.10. The van der Waals surface area contributed by atoms with Crippen LogP contribution in [0, 0.1) is 6.92 Å². The molecule has 0 fully saturated rings. The van der Waals surface area contributed by atoms with Crippen molar-refractivity contribution >= 4 is 5.69 Å². The van der Waals surface area contributed by atoms with Crippen molar-refractivity contribution in [2.24, 2.45) is 0 Å². The summed E-state index contributed by atoms with van der Waals surface area (Å²) in [5, 5.41) is 3.36. The van der Waals surface area contributed by atoms with E-state index in [0.717, 1.165) is 29.8 Å². The number of fused-ring (bicyclic) bond motifs is 1. The summed E-state index contributed by atoms with van der Waals surface area (Å²) in [5.41, 5.74) is 3.77. The van der Waals surface area contributed by atoms with Crippen LogP contribution < -0.4 is 5.32 Å². The van der Waals surface area contributed by atoms with Crippen LogP contribution in [0.2, 0.25) is 0 Å². The number of halogens is 3. The lowest BCUT2D eigenvalue weighted by molar-refractivity contribution is -0.137. The Bertz CT molecular complexity index is 644. The molecule has 1 nitrogen and oxygen atoms in total. The molecule has 1 aliphatic rings. The van der Waals surface area contributed by atoms with E-state index in [0.29, 0.717) is 0 Å². The van der Waals surface area contributed by atoms with Crippen molar-refractivity contribution in [3.8, 4) is 0 Å². The van der Waals surface area contributed by atoms with Crippen LogP contribution in [0.25, 0.3) is 0 Å². The molecule has 2 aromatic rings. The van der Waals surface area contributed by atoms with Crippen molar-refractivity contribution in [3.63, 3.8) is 0 Å². The number of alkyl halides is 3. The van der Waals surface area contributed by atoms with Crippen LogP contribution >= 0.6 is 0 Å². The third-order valence-electron chi connectivity index (χ3n) is 3.97. The second-order valence-electron chi connectivity index (χ2n) is 5.48. The van der Waals surface area contributed by atoms with E-state index in [2.05, 4.69) is 17.4 Å². The molecule has 21 heavy (non-hydrogen) atoms. The molecule has 110 valence electrons. The van der Waals surface area contributed by atoms with E-state index >= 15 is 0 Å². The molecule has 1 aliphatic heterocycles. The molecule has 0 spiro atoms. The van der Waals surface area contributed by atoms with Gasteiger partial charge in [0.25, 0.3) is 0 Å². The summed E-state index contributed by atoms with van der Waals surface area (Å²) in [5.74, 6) is 0.157. The summed E-state index contributed by atoms with van der Waals surface area (Å²) < 4.78 is 37.9. The van der Waals surface area contributed by atoms with Gasteiger partial charge in [0.1, 0.15) is 0 Å². The average molecular weight is 291 g/mol. The van der Waals surface area contributed by atoms with Crippen LogP contribution in [0.15, 0.2) is 42.5 Å². The van der Waals surface area contributed by atoms with Gasteiger partial charge in [-0.2, -0.15) is 13.2 Å². The van der Waals surface area contributed by atoms with Crippen LogP contribution in [0.1, 0.15) is 34.6 Å². The van der Waals surface area contributed by atoms with E-state index in [1.807, 2.05) is 13.0 Å². The third kappa shape index (κ3) is 2.75. The van der Waals surface area contributed by atoms with E-state index in [4.69, 9.17) is 0 Å². The highest BCUT2D eigenvalue weighted by Crippen LogP contribution is 2.38. The summed E-state index contributed by atoms with van der Waals surface area (Å²) in [6, 6.07) is 11.7. The Morgan fingerprint density at radius 3 is 2.43 bits per heavy atom. The Labute approximate surface area is 121 Å². The van der Waals surface area contributed by atoms with Gasteiger partial charge in [-0.3, -0.25) is 0 Å². The molecule has 0 aromatic heterocycles. The van der Waals surface area contributed by atoms with Crippen molar-refractivity contribution in [3.05, 3.63) is 64.7 Å². The number of nitrogens with one attached hydrogen (secondary N) is 1. The lowest BCUT2D eigenvalue weighted by Gasteiger charge is -2.27. The van der Waals surface area contributed by atoms with Gasteiger partial charge in [0.05, 0.1) is 5.56 Å². The molecule has 0 amide bonds. The maximum atomic E-state index is 12.6. The molecule has 4 heteroatoms. The lowest BCUT2D eigenvalue weighted by Crippen LogP contribution is -2.18. The van der Waals surface area contributed by atoms with Gasteiger partial charge in [0, 0.05) is 18.2 Å². The maximum absolute atomic E-state index is 12.6. The van der Waals surface area contributed by atoms with E-state index in [-0.39, 0.29) is 5.92 Å². The summed E-state index contributed by atoms with van der Waals surface area (Å²) in [4.78, 5) is 0. The number of aryl methyl sites for hydroxylation is 1.